The van der Waals surface area contributed by atoms with Crippen LogP contribution in [0.2, 0.25) is 0 Å². The van der Waals surface area contributed by atoms with E-state index in [4.69, 9.17) is 28.9 Å². The highest BCUT2D eigenvalue weighted by Gasteiger charge is 1.88. The lowest BCUT2D eigenvalue weighted by atomic mass is 10.9. The highest BCUT2D eigenvalue weighted by atomic mass is 35.5. The minimum absolute atomic E-state index is 0.0835. The molecule has 0 saturated heterocycles. The SMILES string of the molecule is NC(=S)N/N=C/C(Cl)Cl. The Bertz CT molecular complexity index is 124. The Labute approximate surface area is 68.2 Å². The molecule has 3 nitrogen and oxygen atoms in total. The summed E-state index contributed by atoms with van der Waals surface area (Å²) in [5.41, 5.74) is 7.29. The van der Waals surface area contributed by atoms with Crippen molar-refractivity contribution in [3.05, 3.63) is 0 Å². The van der Waals surface area contributed by atoms with Gasteiger partial charge >= 0.3 is 0 Å². The highest BCUT2D eigenvalue weighted by molar-refractivity contribution is 7.80. The molecule has 0 saturated carbocycles. The second-order valence-electron chi connectivity index (χ2n) is 1.09. The zero-order valence-electron chi connectivity index (χ0n) is 4.34. The summed E-state index contributed by atoms with van der Waals surface area (Å²) in [5, 5.41) is 3.55. The second kappa shape index (κ2) is 4.78. The molecule has 0 aromatic heterocycles. The fourth-order valence-corrected chi connectivity index (χ4v) is 0.323. The summed E-state index contributed by atoms with van der Waals surface area (Å²) in [6.45, 7) is 0. The summed E-state index contributed by atoms with van der Waals surface area (Å²) in [4.78, 5) is -0.633. The lowest BCUT2D eigenvalue weighted by Gasteiger charge is -1.92. The van der Waals surface area contributed by atoms with E-state index in [0.717, 1.165) is 0 Å². The average Bonchev–Trinajstić information content (AvgIpc) is 1.63. The molecule has 0 aliphatic rings. The molecular weight excluding hydrogens is 181 g/mol. The Balaban J connectivity index is 3.36. The second-order valence-corrected chi connectivity index (χ2v) is 2.69. The fourth-order valence-electron chi connectivity index (χ4n) is 0.157. The molecule has 9 heavy (non-hydrogen) atoms. The van der Waals surface area contributed by atoms with E-state index in [0.29, 0.717) is 0 Å². The first-order valence-corrected chi connectivity index (χ1v) is 3.28. The summed E-state index contributed by atoms with van der Waals surface area (Å²) in [5.74, 6) is 0. The molecule has 6 heteroatoms. The van der Waals surface area contributed by atoms with E-state index in [-0.39, 0.29) is 5.11 Å². The van der Waals surface area contributed by atoms with Gasteiger partial charge in [0.05, 0.1) is 6.21 Å². The topological polar surface area (TPSA) is 50.4 Å². The molecule has 0 rings (SSSR count). The lowest BCUT2D eigenvalue weighted by Crippen LogP contribution is -2.24. The van der Waals surface area contributed by atoms with Crippen LogP contribution in [0.3, 0.4) is 0 Å². The molecule has 0 atom stereocenters. The van der Waals surface area contributed by atoms with Crippen LogP contribution in [0, 0.1) is 0 Å². The molecule has 3 N–H and O–H groups in total. The van der Waals surface area contributed by atoms with E-state index in [2.05, 4.69) is 22.7 Å². The summed E-state index contributed by atoms with van der Waals surface area (Å²) < 4.78 is 0. The number of nitrogens with zero attached hydrogens (tertiary/aromatic N) is 1. The molecule has 52 valence electrons. The molecule has 0 spiro atoms. The van der Waals surface area contributed by atoms with Crippen molar-refractivity contribution in [2.75, 3.05) is 0 Å². The summed E-state index contributed by atoms with van der Waals surface area (Å²) in [6.07, 6.45) is 1.27. The lowest BCUT2D eigenvalue weighted by molar-refractivity contribution is 1.04. The predicted molar refractivity (Wildman–Crippen MR) is 43.9 cm³/mol. The van der Waals surface area contributed by atoms with Crippen LogP contribution < -0.4 is 11.2 Å². The zero-order valence-corrected chi connectivity index (χ0v) is 6.67. The zero-order chi connectivity index (χ0) is 7.28. The Morgan fingerprint density at radius 1 is 1.78 bits per heavy atom. The van der Waals surface area contributed by atoms with Gasteiger partial charge in [0, 0.05) is 0 Å². The van der Waals surface area contributed by atoms with Gasteiger partial charge in [0.25, 0.3) is 0 Å². The van der Waals surface area contributed by atoms with E-state index in [1.54, 1.807) is 0 Å². The minimum Gasteiger partial charge on any atom is -0.375 e. The molecule has 0 unspecified atom stereocenters. The van der Waals surface area contributed by atoms with Gasteiger partial charge in [0.2, 0.25) is 0 Å². The number of nitrogens with one attached hydrogen (secondary N) is 1. The summed E-state index contributed by atoms with van der Waals surface area (Å²) in [6, 6.07) is 0. The molecule has 0 fully saturated rings. The molecule has 0 amide bonds. The van der Waals surface area contributed by atoms with Crippen molar-refractivity contribution in [2.24, 2.45) is 10.8 Å². The third-order valence-electron chi connectivity index (χ3n) is 0.362. The third kappa shape index (κ3) is 7.94. The number of hydrogen-bond acceptors (Lipinski definition) is 2. The van der Waals surface area contributed by atoms with E-state index in [9.17, 15) is 0 Å². The number of halogens is 2. The summed E-state index contributed by atoms with van der Waals surface area (Å²) in [7, 11) is 0. The van der Waals surface area contributed by atoms with Gasteiger partial charge in [-0.05, 0) is 12.2 Å². The monoisotopic (exact) mass is 185 g/mol. The Hall–Kier alpha value is -0.0600. The van der Waals surface area contributed by atoms with Crippen LogP contribution in [0.5, 0.6) is 0 Å². The number of hydrogen-bond donors (Lipinski definition) is 2. The Morgan fingerprint density at radius 3 is 2.67 bits per heavy atom. The largest absolute Gasteiger partial charge is 0.375 e. The molecule has 0 heterocycles. The van der Waals surface area contributed by atoms with Gasteiger partial charge in [-0.2, -0.15) is 5.10 Å². The average molecular weight is 186 g/mol. The normalized spacial score (nSPS) is 10.6. The van der Waals surface area contributed by atoms with Crippen LogP contribution in [0.1, 0.15) is 0 Å². The first-order valence-electron chi connectivity index (χ1n) is 1.99. The van der Waals surface area contributed by atoms with E-state index in [1.807, 2.05) is 0 Å². The van der Waals surface area contributed by atoms with E-state index < -0.39 is 4.84 Å². The van der Waals surface area contributed by atoms with E-state index >= 15 is 0 Å². The maximum absolute atomic E-state index is 5.25. The minimum atomic E-state index is -0.633. The van der Waals surface area contributed by atoms with Gasteiger partial charge in [-0.3, -0.25) is 5.43 Å². The molecule has 0 aromatic rings. The fraction of sp³-hybridized carbons (Fsp3) is 0.333. The predicted octanol–water partition coefficient (Wildman–Crippen LogP) is 0.609. The first-order chi connectivity index (χ1) is 4.13. The maximum atomic E-state index is 5.25. The molecule has 0 bridgehead atoms. The van der Waals surface area contributed by atoms with Crippen LogP contribution in [-0.2, 0) is 0 Å². The van der Waals surface area contributed by atoms with Gasteiger partial charge in [-0.25, -0.2) is 0 Å². The van der Waals surface area contributed by atoms with Crippen LogP contribution >= 0.6 is 35.4 Å². The number of thiocarbonyl (C=S) groups is 1. The van der Waals surface area contributed by atoms with Crippen molar-refractivity contribution in [3.8, 4) is 0 Å². The molecule has 0 aliphatic carbocycles. The van der Waals surface area contributed by atoms with Crippen molar-refractivity contribution in [1.82, 2.24) is 5.43 Å². The Kier molecular flexibility index (Phi) is 4.75. The number of nitrogens with two attached hydrogens (primary N) is 1. The smallest absolute Gasteiger partial charge is 0.184 e. The van der Waals surface area contributed by atoms with Gasteiger partial charge in [-0.15, -0.1) is 0 Å². The van der Waals surface area contributed by atoms with Crippen molar-refractivity contribution in [3.63, 3.8) is 0 Å². The van der Waals surface area contributed by atoms with Gasteiger partial charge in [0.15, 0.2) is 5.11 Å². The number of alkyl halides is 2. The van der Waals surface area contributed by atoms with E-state index in [1.165, 1.54) is 6.21 Å². The molecule has 0 aromatic carbocycles. The van der Waals surface area contributed by atoms with Gasteiger partial charge in [-0.1, -0.05) is 23.2 Å². The maximum Gasteiger partial charge on any atom is 0.184 e. The van der Waals surface area contributed by atoms with Crippen LogP contribution in [0.15, 0.2) is 5.10 Å². The highest BCUT2D eigenvalue weighted by Crippen LogP contribution is 1.94. The van der Waals surface area contributed by atoms with Crippen molar-refractivity contribution < 1.29 is 0 Å². The van der Waals surface area contributed by atoms with Crippen LogP contribution in [0.25, 0.3) is 0 Å². The quantitative estimate of drug-likeness (QED) is 0.287. The van der Waals surface area contributed by atoms with Crippen molar-refractivity contribution in [2.45, 2.75) is 4.84 Å². The third-order valence-corrected chi connectivity index (χ3v) is 0.679. The molecule has 0 radical (unpaired) electrons. The van der Waals surface area contributed by atoms with Crippen LogP contribution in [0.4, 0.5) is 0 Å². The molecular formula is C3H5Cl2N3S. The van der Waals surface area contributed by atoms with Crippen LogP contribution in [-0.4, -0.2) is 16.2 Å². The standard InChI is InChI=1S/C3H5Cl2N3S/c4-2(5)1-7-8-3(6)9/h1-2H,(H3,6,8,9)/b7-1+. The van der Waals surface area contributed by atoms with Gasteiger partial charge in [0.1, 0.15) is 4.84 Å². The molecule has 0 aliphatic heterocycles. The van der Waals surface area contributed by atoms with Crippen molar-refractivity contribution >= 4 is 46.7 Å². The van der Waals surface area contributed by atoms with Crippen molar-refractivity contribution in [1.29, 1.82) is 0 Å². The van der Waals surface area contributed by atoms with Gasteiger partial charge < -0.3 is 5.73 Å². The number of rotatable bonds is 2. The number of hydrazone groups is 1. The Morgan fingerprint density at radius 2 is 2.33 bits per heavy atom. The first kappa shape index (κ1) is 8.94. The summed E-state index contributed by atoms with van der Waals surface area (Å²) >= 11 is 14.9.